The number of hydrogen-bond donors (Lipinski definition) is 1. The number of fused-ring (bicyclic) bond motifs is 1. The minimum atomic E-state index is -0.0346. The molecule has 3 aromatic rings. The average Bonchev–Trinajstić information content (AvgIpc) is 3.04. The number of rotatable bonds is 4. The Balaban J connectivity index is 1.75. The van der Waals surface area contributed by atoms with Gasteiger partial charge in [-0.3, -0.25) is 0 Å². The quantitative estimate of drug-likeness (QED) is 0.762. The monoisotopic (exact) mass is 271 g/mol. The van der Waals surface area contributed by atoms with E-state index in [1.165, 1.54) is 11.1 Å². The Morgan fingerprint density at radius 3 is 2.95 bits per heavy atom. The zero-order valence-electron chi connectivity index (χ0n) is 10.9. The molecule has 1 aromatic carbocycles. The highest BCUT2D eigenvalue weighted by atomic mass is 32.1. The first kappa shape index (κ1) is 12.5. The van der Waals surface area contributed by atoms with Crippen LogP contribution in [0.2, 0.25) is 0 Å². The summed E-state index contributed by atoms with van der Waals surface area (Å²) in [5.74, 6) is 0.885. The second kappa shape index (κ2) is 5.19. The minimum Gasteiger partial charge on any atom is -0.459 e. The van der Waals surface area contributed by atoms with Crippen LogP contribution in [0.15, 0.2) is 45.5 Å². The largest absolute Gasteiger partial charge is 0.459 e. The van der Waals surface area contributed by atoms with Crippen LogP contribution in [0.5, 0.6) is 0 Å². The number of hydrogen-bond acceptors (Lipinski definition) is 3. The van der Waals surface area contributed by atoms with Gasteiger partial charge in [-0.25, -0.2) is 0 Å². The number of thiophene rings is 1. The van der Waals surface area contributed by atoms with E-state index >= 15 is 0 Å². The van der Waals surface area contributed by atoms with Crippen molar-refractivity contribution in [3.63, 3.8) is 0 Å². The molecular formula is C16H17NOS. The van der Waals surface area contributed by atoms with Crippen LogP contribution in [-0.4, -0.2) is 0 Å². The van der Waals surface area contributed by atoms with Gasteiger partial charge in [-0.05, 0) is 60.4 Å². The van der Waals surface area contributed by atoms with Crippen molar-refractivity contribution in [2.75, 3.05) is 0 Å². The molecule has 98 valence electrons. The van der Waals surface area contributed by atoms with Crippen molar-refractivity contribution >= 4 is 22.3 Å². The lowest BCUT2D eigenvalue weighted by atomic mass is 10.1. The van der Waals surface area contributed by atoms with Crippen LogP contribution in [0.3, 0.4) is 0 Å². The molecule has 0 spiro atoms. The first-order valence-electron chi connectivity index (χ1n) is 6.49. The van der Waals surface area contributed by atoms with Crippen LogP contribution in [0.1, 0.15) is 29.3 Å². The first-order chi connectivity index (χ1) is 9.22. The van der Waals surface area contributed by atoms with Gasteiger partial charge in [-0.1, -0.05) is 11.6 Å². The molecular weight excluding hydrogens is 254 g/mol. The van der Waals surface area contributed by atoms with E-state index in [4.69, 9.17) is 10.2 Å². The summed E-state index contributed by atoms with van der Waals surface area (Å²) in [5, 5.41) is 5.42. The summed E-state index contributed by atoms with van der Waals surface area (Å²) in [6.07, 6.45) is 1.91. The predicted molar refractivity (Wildman–Crippen MR) is 80.5 cm³/mol. The van der Waals surface area contributed by atoms with Gasteiger partial charge in [0.15, 0.2) is 0 Å². The molecule has 0 aliphatic carbocycles. The van der Waals surface area contributed by atoms with E-state index < -0.39 is 0 Å². The first-order valence-corrected chi connectivity index (χ1v) is 7.43. The normalized spacial score (nSPS) is 12.9. The summed E-state index contributed by atoms with van der Waals surface area (Å²) < 4.78 is 5.83. The van der Waals surface area contributed by atoms with E-state index in [0.29, 0.717) is 0 Å². The van der Waals surface area contributed by atoms with Crippen LogP contribution in [0, 0.1) is 6.92 Å². The molecule has 2 N–H and O–H groups in total. The van der Waals surface area contributed by atoms with Crippen molar-refractivity contribution in [3.8, 4) is 0 Å². The Kier molecular flexibility index (Phi) is 3.40. The van der Waals surface area contributed by atoms with E-state index in [1.807, 2.05) is 6.07 Å². The Morgan fingerprint density at radius 2 is 2.16 bits per heavy atom. The van der Waals surface area contributed by atoms with Gasteiger partial charge >= 0.3 is 0 Å². The van der Waals surface area contributed by atoms with Gasteiger partial charge in [0.05, 0.1) is 6.04 Å². The number of furan rings is 1. The highest BCUT2D eigenvalue weighted by Crippen LogP contribution is 2.26. The summed E-state index contributed by atoms with van der Waals surface area (Å²) in [7, 11) is 0. The average molecular weight is 271 g/mol. The summed E-state index contributed by atoms with van der Waals surface area (Å²) >= 11 is 1.73. The molecule has 19 heavy (non-hydrogen) atoms. The molecule has 0 radical (unpaired) electrons. The molecule has 2 heterocycles. The highest BCUT2D eigenvalue weighted by Gasteiger charge is 2.12. The fourth-order valence-corrected chi connectivity index (χ4v) is 2.97. The zero-order valence-corrected chi connectivity index (χ0v) is 11.7. The predicted octanol–water partition coefficient (Wildman–Crippen LogP) is 4.44. The van der Waals surface area contributed by atoms with Gasteiger partial charge in [0, 0.05) is 5.39 Å². The molecule has 0 aliphatic heterocycles. The van der Waals surface area contributed by atoms with Gasteiger partial charge in [0.1, 0.15) is 11.3 Å². The van der Waals surface area contributed by atoms with Crippen LogP contribution in [0.4, 0.5) is 0 Å². The van der Waals surface area contributed by atoms with Crippen LogP contribution < -0.4 is 5.73 Å². The van der Waals surface area contributed by atoms with Crippen molar-refractivity contribution < 1.29 is 4.42 Å². The molecule has 0 amide bonds. The maximum Gasteiger partial charge on any atom is 0.134 e. The SMILES string of the molecule is Cc1ccc2oc(C(N)CCc3ccsc3)cc2c1. The summed E-state index contributed by atoms with van der Waals surface area (Å²) in [6.45, 7) is 2.09. The summed E-state index contributed by atoms with van der Waals surface area (Å²) in [6, 6.07) is 10.4. The molecule has 0 aliphatic rings. The van der Waals surface area contributed by atoms with Crippen LogP contribution in [0.25, 0.3) is 11.0 Å². The van der Waals surface area contributed by atoms with E-state index in [-0.39, 0.29) is 6.04 Å². The summed E-state index contributed by atoms with van der Waals surface area (Å²) in [5.41, 5.74) is 9.74. The lowest BCUT2D eigenvalue weighted by molar-refractivity contribution is 0.478. The van der Waals surface area contributed by atoms with E-state index in [9.17, 15) is 0 Å². The van der Waals surface area contributed by atoms with Crippen molar-refractivity contribution in [1.29, 1.82) is 0 Å². The maximum atomic E-state index is 6.22. The van der Waals surface area contributed by atoms with Crippen molar-refractivity contribution in [3.05, 3.63) is 58.0 Å². The molecule has 1 atom stereocenters. The van der Waals surface area contributed by atoms with Gasteiger partial charge in [-0.15, -0.1) is 0 Å². The third-order valence-corrected chi connectivity index (χ3v) is 4.11. The third kappa shape index (κ3) is 2.72. The molecule has 2 nitrogen and oxygen atoms in total. The molecule has 0 saturated carbocycles. The molecule has 1 unspecified atom stereocenters. The van der Waals surface area contributed by atoms with E-state index in [1.54, 1.807) is 11.3 Å². The van der Waals surface area contributed by atoms with Gasteiger partial charge < -0.3 is 10.2 Å². The molecule has 3 rings (SSSR count). The Bertz CT molecular complexity index is 669. The lowest BCUT2D eigenvalue weighted by Crippen LogP contribution is -2.10. The maximum absolute atomic E-state index is 6.22. The number of benzene rings is 1. The van der Waals surface area contributed by atoms with Crippen molar-refractivity contribution in [2.45, 2.75) is 25.8 Å². The highest BCUT2D eigenvalue weighted by molar-refractivity contribution is 7.07. The van der Waals surface area contributed by atoms with Crippen molar-refractivity contribution in [1.82, 2.24) is 0 Å². The Hall–Kier alpha value is -1.58. The molecule has 3 heteroatoms. The fourth-order valence-electron chi connectivity index (χ4n) is 2.27. The van der Waals surface area contributed by atoms with E-state index in [0.717, 1.165) is 29.6 Å². The molecule has 0 bridgehead atoms. The number of nitrogens with two attached hydrogens (primary N) is 1. The van der Waals surface area contributed by atoms with Gasteiger partial charge in [0.2, 0.25) is 0 Å². The van der Waals surface area contributed by atoms with Gasteiger partial charge in [0.25, 0.3) is 0 Å². The third-order valence-electron chi connectivity index (χ3n) is 3.38. The van der Waals surface area contributed by atoms with Crippen LogP contribution in [-0.2, 0) is 6.42 Å². The second-order valence-electron chi connectivity index (χ2n) is 4.97. The van der Waals surface area contributed by atoms with E-state index in [2.05, 4.69) is 41.9 Å². The minimum absolute atomic E-state index is 0.0346. The standard InChI is InChI=1S/C16H17NOS/c1-11-2-5-15-13(8-11)9-16(18-15)14(17)4-3-12-6-7-19-10-12/h2,5-10,14H,3-4,17H2,1H3. The fraction of sp³-hybridized carbons (Fsp3) is 0.250. The molecule has 0 saturated heterocycles. The number of aryl methyl sites for hydroxylation is 2. The Morgan fingerprint density at radius 1 is 1.26 bits per heavy atom. The topological polar surface area (TPSA) is 39.2 Å². The second-order valence-corrected chi connectivity index (χ2v) is 5.75. The summed E-state index contributed by atoms with van der Waals surface area (Å²) in [4.78, 5) is 0. The van der Waals surface area contributed by atoms with Crippen LogP contribution >= 0.6 is 11.3 Å². The molecule has 0 fully saturated rings. The lowest BCUT2D eigenvalue weighted by Gasteiger charge is -2.07. The zero-order chi connectivity index (χ0) is 13.2. The smallest absolute Gasteiger partial charge is 0.134 e. The van der Waals surface area contributed by atoms with Gasteiger partial charge in [-0.2, -0.15) is 11.3 Å². The molecule has 2 aromatic heterocycles. The Labute approximate surface area is 116 Å². The van der Waals surface area contributed by atoms with Crippen molar-refractivity contribution in [2.24, 2.45) is 5.73 Å².